The van der Waals surface area contributed by atoms with E-state index in [1.807, 2.05) is 30.1 Å². The minimum Gasteiger partial charge on any atom is -0.351 e. The Morgan fingerprint density at radius 3 is 2.25 bits per heavy atom. The van der Waals surface area contributed by atoms with Crippen LogP contribution in [0.2, 0.25) is 0 Å². The SMILES string of the molecule is CN1CCN(Cc2ccc(CNC(=O)CN(C)Cc3ccccc3)cc2)CC1. The Balaban J connectivity index is 1.38. The monoisotopic (exact) mass is 380 g/mol. The maximum Gasteiger partial charge on any atom is 0.234 e. The average Bonchev–Trinajstić information content (AvgIpc) is 2.70. The van der Waals surface area contributed by atoms with E-state index in [0.29, 0.717) is 13.1 Å². The molecule has 2 aromatic carbocycles. The highest BCUT2D eigenvalue weighted by molar-refractivity contribution is 5.77. The number of rotatable bonds is 8. The van der Waals surface area contributed by atoms with Crippen LogP contribution in [0.4, 0.5) is 0 Å². The van der Waals surface area contributed by atoms with E-state index in [9.17, 15) is 4.79 Å². The maximum absolute atomic E-state index is 12.2. The summed E-state index contributed by atoms with van der Waals surface area (Å²) in [5.41, 5.74) is 3.69. The second-order valence-electron chi connectivity index (χ2n) is 7.83. The Bertz CT molecular complexity index is 724. The van der Waals surface area contributed by atoms with E-state index in [1.165, 1.54) is 11.1 Å². The lowest BCUT2D eigenvalue weighted by atomic mass is 10.1. The number of benzene rings is 2. The molecule has 1 heterocycles. The first-order chi connectivity index (χ1) is 13.6. The zero-order chi connectivity index (χ0) is 19.8. The van der Waals surface area contributed by atoms with Gasteiger partial charge in [0.1, 0.15) is 0 Å². The summed E-state index contributed by atoms with van der Waals surface area (Å²) in [5, 5.41) is 3.02. The lowest BCUT2D eigenvalue weighted by Crippen LogP contribution is -2.43. The van der Waals surface area contributed by atoms with Gasteiger partial charge in [0.25, 0.3) is 0 Å². The minimum absolute atomic E-state index is 0.0555. The van der Waals surface area contributed by atoms with Crippen LogP contribution < -0.4 is 5.32 Å². The van der Waals surface area contributed by atoms with Crippen LogP contribution in [0.1, 0.15) is 16.7 Å². The summed E-state index contributed by atoms with van der Waals surface area (Å²) in [6.45, 7) is 7.30. The molecular formula is C23H32N4O. The molecular weight excluding hydrogens is 348 g/mol. The molecule has 1 fully saturated rings. The van der Waals surface area contributed by atoms with E-state index in [4.69, 9.17) is 0 Å². The van der Waals surface area contributed by atoms with E-state index in [-0.39, 0.29) is 5.91 Å². The molecule has 5 heteroatoms. The predicted molar refractivity (Wildman–Crippen MR) is 114 cm³/mol. The van der Waals surface area contributed by atoms with Crippen molar-refractivity contribution in [2.75, 3.05) is 46.8 Å². The number of hydrogen-bond donors (Lipinski definition) is 1. The van der Waals surface area contributed by atoms with Gasteiger partial charge < -0.3 is 10.2 Å². The van der Waals surface area contributed by atoms with Crippen molar-refractivity contribution in [1.29, 1.82) is 0 Å². The molecule has 1 aliphatic rings. The molecule has 1 saturated heterocycles. The van der Waals surface area contributed by atoms with Gasteiger partial charge in [0.2, 0.25) is 5.91 Å². The Morgan fingerprint density at radius 1 is 0.929 bits per heavy atom. The van der Waals surface area contributed by atoms with Gasteiger partial charge in [0.15, 0.2) is 0 Å². The fraction of sp³-hybridized carbons (Fsp3) is 0.435. The van der Waals surface area contributed by atoms with Crippen molar-refractivity contribution >= 4 is 5.91 Å². The number of amides is 1. The van der Waals surface area contributed by atoms with Crippen LogP contribution in [0.25, 0.3) is 0 Å². The van der Waals surface area contributed by atoms with Crippen LogP contribution in [0.5, 0.6) is 0 Å². The van der Waals surface area contributed by atoms with Gasteiger partial charge in [-0.2, -0.15) is 0 Å². The summed E-state index contributed by atoms with van der Waals surface area (Å²) in [7, 11) is 4.15. The Labute approximate surface area is 168 Å². The van der Waals surface area contributed by atoms with E-state index in [0.717, 1.165) is 44.8 Å². The van der Waals surface area contributed by atoms with Crippen LogP contribution in [0, 0.1) is 0 Å². The molecule has 1 aliphatic heterocycles. The largest absolute Gasteiger partial charge is 0.351 e. The van der Waals surface area contributed by atoms with Gasteiger partial charge in [-0.05, 0) is 30.8 Å². The smallest absolute Gasteiger partial charge is 0.234 e. The van der Waals surface area contributed by atoms with Crippen molar-refractivity contribution in [2.45, 2.75) is 19.6 Å². The summed E-state index contributed by atoms with van der Waals surface area (Å²) in [6, 6.07) is 18.8. The highest BCUT2D eigenvalue weighted by Crippen LogP contribution is 2.10. The molecule has 0 atom stereocenters. The van der Waals surface area contributed by atoms with Crippen molar-refractivity contribution in [3.05, 3.63) is 71.3 Å². The third-order valence-corrected chi connectivity index (χ3v) is 5.22. The number of nitrogens with zero attached hydrogens (tertiary/aromatic N) is 3. The van der Waals surface area contributed by atoms with Crippen molar-refractivity contribution < 1.29 is 4.79 Å². The molecule has 0 radical (unpaired) electrons. The minimum atomic E-state index is 0.0555. The van der Waals surface area contributed by atoms with Crippen molar-refractivity contribution in [3.63, 3.8) is 0 Å². The van der Waals surface area contributed by atoms with Gasteiger partial charge in [-0.1, -0.05) is 54.6 Å². The molecule has 5 nitrogen and oxygen atoms in total. The van der Waals surface area contributed by atoms with Crippen LogP contribution >= 0.6 is 0 Å². The predicted octanol–water partition coefficient (Wildman–Crippen LogP) is 2.18. The molecule has 0 spiro atoms. The second kappa shape index (κ2) is 10.4. The van der Waals surface area contributed by atoms with Crippen LogP contribution in [0.15, 0.2) is 54.6 Å². The maximum atomic E-state index is 12.2. The highest BCUT2D eigenvalue weighted by Gasteiger charge is 2.13. The molecule has 1 amide bonds. The summed E-state index contributed by atoms with van der Waals surface area (Å²) < 4.78 is 0. The molecule has 0 bridgehead atoms. The number of hydrogen-bond acceptors (Lipinski definition) is 4. The van der Waals surface area contributed by atoms with Gasteiger partial charge in [-0.25, -0.2) is 0 Å². The lowest BCUT2D eigenvalue weighted by molar-refractivity contribution is -0.122. The van der Waals surface area contributed by atoms with Crippen LogP contribution in [-0.2, 0) is 24.4 Å². The quantitative estimate of drug-likeness (QED) is 0.762. The number of carbonyl (C=O) groups excluding carboxylic acids is 1. The molecule has 1 N–H and O–H groups in total. The van der Waals surface area contributed by atoms with E-state index in [1.54, 1.807) is 0 Å². The fourth-order valence-corrected chi connectivity index (χ4v) is 3.48. The van der Waals surface area contributed by atoms with Gasteiger partial charge >= 0.3 is 0 Å². The van der Waals surface area contributed by atoms with Gasteiger partial charge in [-0.3, -0.25) is 14.6 Å². The molecule has 150 valence electrons. The number of carbonyl (C=O) groups is 1. The second-order valence-corrected chi connectivity index (χ2v) is 7.83. The third kappa shape index (κ3) is 6.75. The average molecular weight is 381 g/mol. The van der Waals surface area contributed by atoms with E-state index >= 15 is 0 Å². The third-order valence-electron chi connectivity index (χ3n) is 5.22. The van der Waals surface area contributed by atoms with Crippen LogP contribution in [-0.4, -0.2) is 67.4 Å². The summed E-state index contributed by atoms with van der Waals surface area (Å²) in [5.74, 6) is 0.0555. The van der Waals surface area contributed by atoms with E-state index < -0.39 is 0 Å². The number of nitrogens with one attached hydrogen (secondary N) is 1. The molecule has 0 saturated carbocycles. The van der Waals surface area contributed by atoms with Crippen molar-refractivity contribution in [3.8, 4) is 0 Å². The summed E-state index contributed by atoms with van der Waals surface area (Å²) in [6.07, 6.45) is 0. The zero-order valence-electron chi connectivity index (χ0n) is 17.1. The summed E-state index contributed by atoms with van der Waals surface area (Å²) >= 11 is 0. The normalized spacial score (nSPS) is 15.7. The molecule has 2 aromatic rings. The molecule has 28 heavy (non-hydrogen) atoms. The van der Waals surface area contributed by atoms with E-state index in [2.05, 4.69) is 58.6 Å². The number of piperazine rings is 1. The van der Waals surface area contributed by atoms with Crippen molar-refractivity contribution in [2.24, 2.45) is 0 Å². The number of likely N-dealkylation sites (N-methyl/N-ethyl adjacent to an activating group) is 2. The Kier molecular flexibility index (Phi) is 7.60. The lowest BCUT2D eigenvalue weighted by Gasteiger charge is -2.32. The zero-order valence-corrected chi connectivity index (χ0v) is 17.1. The molecule has 0 aliphatic carbocycles. The first-order valence-corrected chi connectivity index (χ1v) is 10.1. The Morgan fingerprint density at radius 2 is 1.57 bits per heavy atom. The fourth-order valence-electron chi connectivity index (χ4n) is 3.48. The standard InChI is InChI=1S/C23H32N4O/c1-25-12-14-27(15-13-25)18-22-10-8-20(9-11-22)16-24-23(28)19-26(2)17-21-6-4-3-5-7-21/h3-11H,12-19H2,1-2H3,(H,24,28). The van der Waals surface area contributed by atoms with Crippen molar-refractivity contribution in [1.82, 2.24) is 20.0 Å². The van der Waals surface area contributed by atoms with Gasteiger partial charge in [0, 0.05) is 45.8 Å². The first kappa shape index (κ1) is 20.5. The topological polar surface area (TPSA) is 38.8 Å². The van der Waals surface area contributed by atoms with Gasteiger partial charge in [-0.15, -0.1) is 0 Å². The molecule has 0 aromatic heterocycles. The Hall–Kier alpha value is -2.21. The van der Waals surface area contributed by atoms with Gasteiger partial charge in [0.05, 0.1) is 6.54 Å². The summed E-state index contributed by atoms with van der Waals surface area (Å²) in [4.78, 5) is 19.1. The molecule has 3 rings (SSSR count). The highest BCUT2D eigenvalue weighted by atomic mass is 16.2. The molecule has 0 unspecified atom stereocenters. The van der Waals surface area contributed by atoms with Crippen LogP contribution in [0.3, 0.4) is 0 Å². The first-order valence-electron chi connectivity index (χ1n) is 10.1.